The van der Waals surface area contributed by atoms with Crippen molar-refractivity contribution in [3.05, 3.63) is 33.8 Å². The van der Waals surface area contributed by atoms with Gasteiger partial charge in [-0.25, -0.2) is 4.98 Å². The minimum Gasteiger partial charge on any atom is -0.493 e. The first kappa shape index (κ1) is 14.6. The molecule has 1 N–H and O–H groups in total. The minimum atomic E-state index is 0.452. The Balaban J connectivity index is 2.17. The van der Waals surface area contributed by atoms with E-state index in [4.69, 9.17) is 21.1 Å². The summed E-state index contributed by atoms with van der Waals surface area (Å²) in [6, 6.07) is 3.58. The monoisotopic (exact) mass is 311 g/mol. The number of halogens is 1. The Kier molecular flexibility index (Phi) is 4.81. The molecule has 2 rings (SSSR count). The van der Waals surface area contributed by atoms with Crippen LogP contribution < -0.4 is 14.9 Å². The second-order valence-electron chi connectivity index (χ2n) is 3.87. The molecule has 106 valence electrons. The van der Waals surface area contributed by atoms with Crippen LogP contribution in [0.5, 0.6) is 11.5 Å². The molecule has 1 heterocycles. The molecule has 1 aromatic carbocycles. The number of hydrogen-bond acceptors (Lipinski definition) is 6. The Hall–Kier alpha value is -1.79. The zero-order valence-corrected chi connectivity index (χ0v) is 12.9. The van der Waals surface area contributed by atoms with Crippen LogP contribution in [0.2, 0.25) is 5.02 Å². The second-order valence-corrected chi connectivity index (χ2v) is 5.10. The van der Waals surface area contributed by atoms with E-state index in [0.717, 1.165) is 16.4 Å². The summed E-state index contributed by atoms with van der Waals surface area (Å²) in [7, 11) is 3.11. The number of benzene rings is 1. The first-order chi connectivity index (χ1) is 9.65. The van der Waals surface area contributed by atoms with Crippen molar-refractivity contribution in [2.24, 2.45) is 5.10 Å². The fraction of sp³-hybridized carbons (Fsp3) is 0.231. The van der Waals surface area contributed by atoms with Crippen LogP contribution in [0.4, 0.5) is 5.13 Å². The van der Waals surface area contributed by atoms with Crippen LogP contribution in [0.1, 0.15) is 11.3 Å². The van der Waals surface area contributed by atoms with Crippen molar-refractivity contribution >= 4 is 34.3 Å². The number of hydrazone groups is 1. The van der Waals surface area contributed by atoms with Gasteiger partial charge in [-0.2, -0.15) is 5.10 Å². The highest BCUT2D eigenvalue weighted by Gasteiger charge is 2.11. The summed E-state index contributed by atoms with van der Waals surface area (Å²) in [4.78, 5) is 4.24. The normalized spacial score (nSPS) is 10.8. The van der Waals surface area contributed by atoms with E-state index in [9.17, 15) is 0 Å². The van der Waals surface area contributed by atoms with E-state index < -0.39 is 0 Å². The predicted octanol–water partition coefficient (Wildman–Crippen LogP) is 3.57. The highest BCUT2D eigenvalue weighted by Crippen LogP contribution is 2.36. The van der Waals surface area contributed by atoms with E-state index in [1.807, 2.05) is 18.4 Å². The van der Waals surface area contributed by atoms with Crippen molar-refractivity contribution in [3.8, 4) is 11.5 Å². The van der Waals surface area contributed by atoms with Gasteiger partial charge in [0.2, 0.25) is 5.13 Å². The van der Waals surface area contributed by atoms with Gasteiger partial charge in [-0.1, -0.05) is 11.6 Å². The SMILES string of the molecule is COc1ccc(/C=N\Nc2nc(C)cs2)c(Cl)c1OC. The number of aromatic nitrogens is 1. The Bertz CT molecular complexity index is 628. The number of nitrogens with zero attached hydrogens (tertiary/aromatic N) is 2. The highest BCUT2D eigenvalue weighted by molar-refractivity contribution is 7.13. The van der Waals surface area contributed by atoms with E-state index >= 15 is 0 Å². The van der Waals surface area contributed by atoms with Crippen LogP contribution in [-0.2, 0) is 0 Å². The number of anilines is 1. The first-order valence-corrected chi connectivity index (χ1v) is 7.03. The van der Waals surface area contributed by atoms with Gasteiger partial charge in [0.15, 0.2) is 11.5 Å². The van der Waals surface area contributed by atoms with E-state index in [-0.39, 0.29) is 0 Å². The quantitative estimate of drug-likeness (QED) is 0.677. The van der Waals surface area contributed by atoms with Gasteiger partial charge in [-0.3, -0.25) is 5.43 Å². The minimum absolute atomic E-state index is 0.452. The largest absolute Gasteiger partial charge is 0.493 e. The Morgan fingerprint density at radius 3 is 2.75 bits per heavy atom. The molecular weight excluding hydrogens is 298 g/mol. The summed E-state index contributed by atoms with van der Waals surface area (Å²) in [6.07, 6.45) is 1.61. The number of nitrogens with one attached hydrogen (secondary N) is 1. The molecule has 0 radical (unpaired) electrons. The topological polar surface area (TPSA) is 55.7 Å². The lowest BCUT2D eigenvalue weighted by Gasteiger charge is -2.10. The third-order valence-corrected chi connectivity index (χ3v) is 3.75. The van der Waals surface area contributed by atoms with Gasteiger partial charge < -0.3 is 9.47 Å². The summed E-state index contributed by atoms with van der Waals surface area (Å²) in [5, 5.41) is 7.24. The van der Waals surface area contributed by atoms with Gasteiger partial charge in [0, 0.05) is 10.9 Å². The molecule has 0 amide bonds. The summed E-state index contributed by atoms with van der Waals surface area (Å²) >= 11 is 7.73. The molecule has 0 saturated heterocycles. The smallest absolute Gasteiger partial charge is 0.203 e. The maximum absolute atomic E-state index is 6.24. The van der Waals surface area contributed by atoms with Crippen molar-refractivity contribution in [1.82, 2.24) is 4.98 Å². The summed E-state index contributed by atoms with van der Waals surface area (Å²) in [5.41, 5.74) is 4.54. The lowest BCUT2D eigenvalue weighted by atomic mass is 10.2. The van der Waals surface area contributed by atoms with Crippen LogP contribution in [0.25, 0.3) is 0 Å². The summed E-state index contributed by atoms with van der Waals surface area (Å²) < 4.78 is 10.4. The van der Waals surface area contributed by atoms with Crippen molar-refractivity contribution in [1.29, 1.82) is 0 Å². The molecule has 0 spiro atoms. The Morgan fingerprint density at radius 1 is 1.35 bits per heavy atom. The molecule has 0 unspecified atom stereocenters. The van der Waals surface area contributed by atoms with Gasteiger partial charge in [0.25, 0.3) is 0 Å². The van der Waals surface area contributed by atoms with Crippen molar-refractivity contribution in [3.63, 3.8) is 0 Å². The molecule has 0 aliphatic carbocycles. The standard InChI is InChI=1S/C13H14ClN3O2S/c1-8-7-20-13(16-8)17-15-6-9-4-5-10(18-2)12(19-3)11(9)14/h4-7H,1-3H3,(H,16,17)/b15-6-. The molecule has 0 fully saturated rings. The lowest BCUT2D eigenvalue weighted by molar-refractivity contribution is 0.355. The number of rotatable bonds is 5. The average molecular weight is 312 g/mol. The third-order valence-electron chi connectivity index (χ3n) is 2.50. The van der Waals surface area contributed by atoms with Crippen LogP contribution >= 0.6 is 22.9 Å². The predicted molar refractivity (Wildman–Crippen MR) is 82.6 cm³/mol. The molecular formula is C13H14ClN3O2S. The van der Waals surface area contributed by atoms with E-state index in [1.165, 1.54) is 11.3 Å². The van der Waals surface area contributed by atoms with E-state index in [2.05, 4.69) is 15.5 Å². The van der Waals surface area contributed by atoms with Gasteiger partial charge in [0.1, 0.15) is 0 Å². The molecule has 0 saturated carbocycles. The Labute approximate surface area is 126 Å². The number of thiazole rings is 1. The number of methoxy groups -OCH3 is 2. The van der Waals surface area contributed by atoms with Crippen LogP contribution in [-0.4, -0.2) is 25.4 Å². The van der Waals surface area contributed by atoms with Gasteiger partial charge in [0.05, 0.1) is 31.2 Å². The fourth-order valence-electron chi connectivity index (χ4n) is 1.57. The van der Waals surface area contributed by atoms with Gasteiger partial charge in [-0.05, 0) is 19.1 Å². The number of hydrogen-bond donors (Lipinski definition) is 1. The van der Waals surface area contributed by atoms with Gasteiger partial charge >= 0.3 is 0 Å². The molecule has 5 nitrogen and oxygen atoms in total. The molecule has 7 heteroatoms. The van der Waals surface area contributed by atoms with Crippen LogP contribution in [0.15, 0.2) is 22.6 Å². The molecule has 0 atom stereocenters. The van der Waals surface area contributed by atoms with E-state index in [1.54, 1.807) is 26.5 Å². The Morgan fingerprint density at radius 2 is 2.15 bits per heavy atom. The third kappa shape index (κ3) is 3.20. The summed E-state index contributed by atoms with van der Waals surface area (Å²) in [6.45, 7) is 1.93. The van der Waals surface area contributed by atoms with Crippen LogP contribution in [0, 0.1) is 6.92 Å². The van der Waals surface area contributed by atoms with Crippen molar-refractivity contribution in [2.45, 2.75) is 6.92 Å². The molecule has 2 aromatic rings. The molecule has 0 aliphatic rings. The second kappa shape index (κ2) is 6.58. The maximum atomic E-state index is 6.24. The number of aryl methyl sites for hydroxylation is 1. The zero-order valence-electron chi connectivity index (χ0n) is 11.3. The lowest BCUT2D eigenvalue weighted by Crippen LogP contribution is -1.96. The fourth-order valence-corrected chi connectivity index (χ4v) is 2.49. The first-order valence-electron chi connectivity index (χ1n) is 5.77. The van der Waals surface area contributed by atoms with Crippen molar-refractivity contribution < 1.29 is 9.47 Å². The van der Waals surface area contributed by atoms with Crippen LogP contribution in [0.3, 0.4) is 0 Å². The average Bonchev–Trinajstić information content (AvgIpc) is 2.86. The van der Waals surface area contributed by atoms with Crippen molar-refractivity contribution in [2.75, 3.05) is 19.6 Å². The molecule has 0 aliphatic heterocycles. The molecule has 0 bridgehead atoms. The zero-order chi connectivity index (χ0) is 14.5. The maximum Gasteiger partial charge on any atom is 0.203 e. The molecule has 1 aromatic heterocycles. The molecule has 20 heavy (non-hydrogen) atoms. The van der Waals surface area contributed by atoms with Gasteiger partial charge in [-0.15, -0.1) is 11.3 Å². The number of ether oxygens (including phenoxy) is 2. The van der Waals surface area contributed by atoms with E-state index in [0.29, 0.717) is 16.5 Å². The highest BCUT2D eigenvalue weighted by atomic mass is 35.5. The summed E-state index contributed by atoms with van der Waals surface area (Å²) in [5.74, 6) is 1.07.